The van der Waals surface area contributed by atoms with Crippen LogP contribution in [0.2, 0.25) is 0 Å². The molecule has 0 radical (unpaired) electrons. The first-order valence-corrected chi connectivity index (χ1v) is 10.6. The number of anilines is 1. The lowest BCUT2D eigenvalue weighted by Crippen LogP contribution is -2.30. The van der Waals surface area contributed by atoms with Crippen molar-refractivity contribution < 1.29 is 19.2 Å². The highest BCUT2D eigenvalue weighted by atomic mass is 16.6. The van der Waals surface area contributed by atoms with Crippen LogP contribution in [0, 0.1) is 17.0 Å². The molecule has 0 aliphatic carbocycles. The monoisotopic (exact) mass is 445 g/mol. The van der Waals surface area contributed by atoms with E-state index in [0.29, 0.717) is 11.3 Å². The summed E-state index contributed by atoms with van der Waals surface area (Å²) in [5.41, 5.74) is 3.19. The van der Waals surface area contributed by atoms with Crippen LogP contribution in [0.4, 0.5) is 11.4 Å². The molecule has 1 aromatic heterocycles. The van der Waals surface area contributed by atoms with Crippen molar-refractivity contribution in [3.63, 3.8) is 0 Å². The first-order chi connectivity index (χ1) is 15.8. The maximum absolute atomic E-state index is 12.7. The minimum absolute atomic E-state index is 0.0860. The second-order valence-electron chi connectivity index (χ2n) is 7.79. The molecule has 0 saturated heterocycles. The first-order valence-electron chi connectivity index (χ1n) is 10.6. The van der Waals surface area contributed by atoms with Crippen LogP contribution in [-0.4, -0.2) is 27.5 Å². The Hall–Kier alpha value is -4.20. The van der Waals surface area contributed by atoms with Gasteiger partial charge >= 0.3 is 5.97 Å². The number of hydrogen-bond acceptors (Lipinski definition) is 5. The number of carbonyl (C=O) groups is 2. The molecule has 1 unspecified atom stereocenters. The summed E-state index contributed by atoms with van der Waals surface area (Å²) in [5.74, 6) is -1.20. The lowest BCUT2D eigenvalue weighted by molar-refractivity contribution is -0.385. The van der Waals surface area contributed by atoms with Crippen LogP contribution < -0.4 is 5.32 Å². The Morgan fingerprint density at radius 2 is 1.79 bits per heavy atom. The standard InChI is InChI=1S/C25H23N3O5/c1-4-27-22-8-6-5-7-19(22)20-14-18(10-12-23(20)27)26-24(29)16(3)33-25(30)17-9-11-21(28(31)32)15(2)13-17/h5-14,16H,4H2,1-3H3,(H,26,29). The lowest BCUT2D eigenvalue weighted by Gasteiger charge is -2.14. The van der Waals surface area contributed by atoms with Crippen molar-refractivity contribution in [2.75, 3.05) is 5.32 Å². The zero-order chi connectivity index (χ0) is 23.7. The van der Waals surface area contributed by atoms with Gasteiger partial charge in [-0.1, -0.05) is 18.2 Å². The normalized spacial score (nSPS) is 12.0. The molecule has 8 nitrogen and oxygen atoms in total. The molecular weight excluding hydrogens is 422 g/mol. The molecule has 3 aromatic carbocycles. The Morgan fingerprint density at radius 1 is 1.06 bits per heavy atom. The Balaban J connectivity index is 1.51. The number of fused-ring (bicyclic) bond motifs is 3. The number of benzene rings is 3. The highest BCUT2D eigenvalue weighted by Gasteiger charge is 2.21. The van der Waals surface area contributed by atoms with E-state index < -0.39 is 22.9 Å². The van der Waals surface area contributed by atoms with Gasteiger partial charge in [-0.05, 0) is 57.2 Å². The van der Waals surface area contributed by atoms with E-state index in [4.69, 9.17) is 4.74 Å². The van der Waals surface area contributed by atoms with Gasteiger partial charge in [-0.25, -0.2) is 4.79 Å². The number of rotatable bonds is 6. The number of ether oxygens (including phenoxy) is 1. The zero-order valence-corrected chi connectivity index (χ0v) is 18.5. The van der Waals surface area contributed by atoms with E-state index in [0.717, 1.165) is 28.4 Å². The van der Waals surface area contributed by atoms with Crippen molar-refractivity contribution in [3.05, 3.63) is 81.9 Å². The van der Waals surface area contributed by atoms with Gasteiger partial charge in [-0.2, -0.15) is 0 Å². The summed E-state index contributed by atoms with van der Waals surface area (Å²) in [5, 5.41) is 15.9. The summed E-state index contributed by atoms with van der Waals surface area (Å²) in [6, 6.07) is 17.7. The van der Waals surface area contributed by atoms with Gasteiger partial charge in [0.15, 0.2) is 6.10 Å². The number of nitro benzene ring substituents is 1. The Kier molecular flexibility index (Phi) is 5.83. The van der Waals surface area contributed by atoms with Gasteiger partial charge in [0.1, 0.15) is 0 Å². The minimum atomic E-state index is -1.05. The van der Waals surface area contributed by atoms with E-state index >= 15 is 0 Å². The topological polar surface area (TPSA) is 103 Å². The predicted molar refractivity (Wildman–Crippen MR) is 126 cm³/mol. The van der Waals surface area contributed by atoms with E-state index in [1.807, 2.05) is 36.4 Å². The molecule has 1 amide bonds. The Bertz CT molecular complexity index is 1410. The van der Waals surface area contributed by atoms with E-state index in [9.17, 15) is 19.7 Å². The van der Waals surface area contributed by atoms with E-state index in [-0.39, 0.29) is 11.3 Å². The molecule has 4 rings (SSSR count). The summed E-state index contributed by atoms with van der Waals surface area (Å²) < 4.78 is 7.50. The molecule has 168 valence electrons. The molecule has 1 N–H and O–H groups in total. The summed E-state index contributed by atoms with van der Waals surface area (Å²) in [6.07, 6.45) is -1.05. The molecule has 8 heteroatoms. The number of nitrogens with one attached hydrogen (secondary N) is 1. The highest BCUT2D eigenvalue weighted by molar-refractivity contribution is 6.10. The van der Waals surface area contributed by atoms with Gasteiger partial charge in [-0.15, -0.1) is 0 Å². The largest absolute Gasteiger partial charge is 0.449 e. The molecule has 0 aliphatic rings. The van der Waals surface area contributed by atoms with Gasteiger partial charge in [0.05, 0.1) is 10.5 Å². The van der Waals surface area contributed by atoms with Crippen molar-refractivity contribution in [2.24, 2.45) is 0 Å². The molecule has 0 aliphatic heterocycles. The maximum Gasteiger partial charge on any atom is 0.338 e. The fourth-order valence-corrected chi connectivity index (χ4v) is 3.99. The number of nitrogens with zero attached hydrogens (tertiary/aromatic N) is 2. The number of para-hydroxylation sites is 1. The average molecular weight is 445 g/mol. The Labute approximate surface area is 189 Å². The van der Waals surface area contributed by atoms with Crippen LogP contribution in [0.3, 0.4) is 0 Å². The molecule has 0 spiro atoms. The molecule has 1 heterocycles. The zero-order valence-electron chi connectivity index (χ0n) is 18.5. The number of nitro groups is 1. The van der Waals surface area contributed by atoms with E-state index in [1.165, 1.54) is 32.0 Å². The van der Waals surface area contributed by atoms with Gasteiger partial charge in [0, 0.05) is 45.7 Å². The molecule has 0 bridgehead atoms. The molecule has 4 aromatic rings. The third-order valence-electron chi connectivity index (χ3n) is 5.64. The number of hydrogen-bond donors (Lipinski definition) is 1. The third kappa shape index (κ3) is 4.15. The second kappa shape index (κ2) is 8.74. The third-order valence-corrected chi connectivity index (χ3v) is 5.64. The number of carbonyl (C=O) groups excluding carboxylic acids is 2. The predicted octanol–water partition coefficient (Wildman–Crippen LogP) is 5.22. The number of amides is 1. The van der Waals surface area contributed by atoms with Crippen LogP contribution in [0.25, 0.3) is 21.8 Å². The van der Waals surface area contributed by atoms with Crippen molar-refractivity contribution in [3.8, 4) is 0 Å². The van der Waals surface area contributed by atoms with E-state index in [2.05, 4.69) is 22.9 Å². The summed E-state index contributed by atoms with van der Waals surface area (Å²) in [6.45, 7) is 5.93. The molecule has 33 heavy (non-hydrogen) atoms. The van der Waals surface area contributed by atoms with Gasteiger partial charge < -0.3 is 14.6 Å². The van der Waals surface area contributed by atoms with Crippen molar-refractivity contribution in [2.45, 2.75) is 33.4 Å². The van der Waals surface area contributed by atoms with E-state index in [1.54, 1.807) is 0 Å². The smallest absolute Gasteiger partial charge is 0.338 e. The minimum Gasteiger partial charge on any atom is -0.449 e. The van der Waals surface area contributed by atoms with Crippen LogP contribution in [0.5, 0.6) is 0 Å². The number of aryl methyl sites for hydroxylation is 2. The van der Waals surface area contributed by atoms with Crippen molar-refractivity contribution in [1.29, 1.82) is 0 Å². The number of esters is 1. The average Bonchev–Trinajstić information content (AvgIpc) is 3.11. The first kappa shape index (κ1) is 22.0. The summed E-state index contributed by atoms with van der Waals surface area (Å²) in [4.78, 5) is 35.5. The van der Waals surface area contributed by atoms with Crippen LogP contribution in [0.1, 0.15) is 29.8 Å². The fourth-order valence-electron chi connectivity index (χ4n) is 3.99. The summed E-state index contributed by atoms with van der Waals surface area (Å²) >= 11 is 0. The molecule has 0 fully saturated rings. The van der Waals surface area contributed by atoms with Gasteiger partial charge in [0.2, 0.25) is 0 Å². The van der Waals surface area contributed by atoms with Crippen LogP contribution in [0.15, 0.2) is 60.7 Å². The maximum atomic E-state index is 12.7. The quantitative estimate of drug-likeness (QED) is 0.249. The molecule has 1 atom stereocenters. The van der Waals surface area contributed by atoms with Gasteiger partial charge in [0.25, 0.3) is 11.6 Å². The second-order valence-corrected chi connectivity index (χ2v) is 7.79. The fraction of sp³-hybridized carbons (Fsp3) is 0.200. The van der Waals surface area contributed by atoms with Crippen LogP contribution in [-0.2, 0) is 16.1 Å². The van der Waals surface area contributed by atoms with Crippen molar-refractivity contribution >= 4 is 45.1 Å². The highest BCUT2D eigenvalue weighted by Crippen LogP contribution is 2.31. The molecular formula is C25H23N3O5. The van der Waals surface area contributed by atoms with Crippen LogP contribution >= 0.6 is 0 Å². The lowest BCUT2D eigenvalue weighted by atomic mass is 10.1. The van der Waals surface area contributed by atoms with Crippen molar-refractivity contribution in [1.82, 2.24) is 4.57 Å². The molecule has 0 saturated carbocycles. The Morgan fingerprint density at radius 3 is 2.48 bits per heavy atom. The SMILES string of the molecule is CCn1c2ccccc2c2cc(NC(=O)C(C)OC(=O)c3ccc([N+](=O)[O-])c(C)c3)ccc21. The summed E-state index contributed by atoms with van der Waals surface area (Å²) in [7, 11) is 0. The number of aromatic nitrogens is 1. The van der Waals surface area contributed by atoms with Gasteiger partial charge in [-0.3, -0.25) is 14.9 Å².